The maximum absolute atomic E-state index is 6.00. The number of nitrogens with zero attached hydrogens (tertiary/aromatic N) is 1. The van der Waals surface area contributed by atoms with Crippen molar-refractivity contribution in [2.24, 2.45) is 11.1 Å². The van der Waals surface area contributed by atoms with Crippen molar-refractivity contribution in [2.45, 2.75) is 52.5 Å². The number of rotatable bonds is 5. The minimum atomic E-state index is 0.420. The van der Waals surface area contributed by atoms with E-state index in [0.717, 1.165) is 0 Å². The van der Waals surface area contributed by atoms with Crippen LogP contribution in [0.1, 0.15) is 46.5 Å². The van der Waals surface area contributed by atoms with Gasteiger partial charge in [0.15, 0.2) is 0 Å². The summed E-state index contributed by atoms with van der Waals surface area (Å²) in [6.45, 7) is 10.7. The Bertz CT molecular complexity index is 166. The highest BCUT2D eigenvalue weighted by Crippen LogP contribution is 2.28. The fourth-order valence-electron chi connectivity index (χ4n) is 2.28. The van der Waals surface area contributed by atoms with Crippen LogP contribution < -0.4 is 5.73 Å². The largest absolute Gasteiger partial charge is 0.328 e. The molecule has 0 amide bonds. The summed E-state index contributed by atoms with van der Waals surface area (Å²) in [4.78, 5) is 2.56. The third-order valence-corrected chi connectivity index (χ3v) is 3.23. The molecular weight excluding hydrogens is 172 g/mol. The van der Waals surface area contributed by atoms with Gasteiger partial charge >= 0.3 is 0 Å². The van der Waals surface area contributed by atoms with Crippen LogP contribution in [0.4, 0.5) is 0 Å². The molecule has 0 spiro atoms. The van der Waals surface area contributed by atoms with Gasteiger partial charge in [0.1, 0.15) is 0 Å². The van der Waals surface area contributed by atoms with E-state index >= 15 is 0 Å². The van der Waals surface area contributed by atoms with Crippen molar-refractivity contribution in [2.75, 3.05) is 19.6 Å². The van der Waals surface area contributed by atoms with Crippen LogP contribution in [0, 0.1) is 5.41 Å². The number of nitrogens with two attached hydrogens (primary N) is 1. The average molecular weight is 198 g/mol. The Morgan fingerprint density at radius 3 is 2.57 bits per heavy atom. The molecule has 1 aliphatic heterocycles. The molecule has 2 nitrogen and oxygen atoms in total. The van der Waals surface area contributed by atoms with Crippen molar-refractivity contribution in [1.82, 2.24) is 4.90 Å². The molecule has 1 aliphatic rings. The van der Waals surface area contributed by atoms with E-state index in [4.69, 9.17) is 5.73 Å². The maximum Gasteiger partial charge on any atom is 0.00509 e. The Kier molecular flexibility index (Phi) is 4.39. The second-order valence-electron chi connectivity index (χ2n) is 5.53. The molecule has 0 bridgehead atoms. The molecule has 14 heavy (non-hydrogen) atoms. The zero-order valence-electron chi connectivity index (χ0n) is 10.1. The number of hydrogen-bond donors (Lipinski definition) is 1. The second kappa shape index (κ2) is 5.13. The van der Waals surface area contributed by atoms with Gasteiger partial charge in [0, 0.05) is 12.6 Å². The Morgan fingerprint density at radius 1 is 1.36 bits per heavy atom. The number of hydrogen-bond acceptors (Lipinski definition) is 2. The lowest BCUT2D eigenvalue weighted by atomic mass is 9.93. The zero-order chi connectivity index (χ0) is 10.6. The van der Waals surface area contributed by atoms with E-state index in [1.165, 1.54) is 45.3 Å². The fraction of sp³-hybridized carbons (Fsp3) is 1.00. The van der Waals surface area contributed by atoms with Crippen molar-refractivity contribution in [1.29, 1.82) is 0 Å². The molecule has 1 saturated heterocycles. The van der Waals surface area contributed by atoms with Gasteiger partial charge in [0.2, 0.25) is 0 Å². The minimum absolute atomic E-state index is 0.420. The van der Waals surface area contributed by atoms with Gasteiger partial charge in [0.25, 0.3) is 0 Å². The summed E-state index contributed by atoms with van der Waals surface area (Å²) in [6.07, 6.45) is 4.91. The normalized spacial score (nSPS) is 24.0. The standard InChI is InChI=1S/C12H26N2/c1-4-5-11(13)6-8-14-9-7-12(2,3)10-14/h11H,4-10,13H2,1-3H3. The first-order valence-corrected chi connectivity index (χ1v) is 6.01. The van der Waals surface area contributed by atoms with E-state index in [-0.39, 0.29) is 0 Å². The van der Waals surface area contributed by atoms with Crippen LogP contribution in [0.25, 0.3) is 0 Å². The highest BCUT2D eigenvalue weighted by molar-refractivity contribution is 4.82. The van der Waals surface area contributed by atoms with E-state index in [1.807, 2.05) is 0 Å². The monoisotopic (exact) mass is 198 g/mol. The van der Waals surface area contributed by atoms with E-state index < -0.39 is 0 Å². The first-order chi connectivity index (χ1) is 6.53. The molecule has 1 fully saturated rings. The predicted octanol–water partition coefficient (Wildman–Crippen LogP) is 2.24. The molecule has 1 atom stereocenters. The second-order valence-corrected chi connectivity index (χ2v) is 5.53. The van der Waals surface area contributed by atoms with Gasteiger partial charge in [-0.05, 0) is 37.8 Å². The van der Waals surface area contributed by atoms with Gasteiger partial charge in [-0.25, -0.2) is 0 Å². The van der Waals surface area contributed by atoms with Crippen molar-refractivity contribution in [3.63, 3.8) is 0 Å². The first-order valence-electron chi connectivity index (χ1n) is 6.01. The summed E-state index contributed by atoms with van der Waals surface area (Å²) in [6, 6.07) is 0.420. The summed E-state index contributed by atoms with van der Waals surface area (Å²) in [5, 5.41) is 0. The molecule has 0 aromatic rings. The summed E-state index contributed by atoms with van der Waals surface area (Å²) in [5.41, 5.74) is 6.54. The van der Waals surface area contributed by atoms with E-state index in [1.54, 1.807) is 0 Å². The van der Waals surface area contributed by atoms with Crippen molar-refractivity contribution in [3.8, 4) is 0 Å². The molecule has 0 saturated carbocycles. The van der Waals surface area contributed by atoms with Crippen LogP contribution in [0.3, 0.4) is 0 Å². The van der Waals surface area contributed by atoms with Gasteiger partial charge in [0.05, 0.1) is 0 Å². The molecule has 2 N–H and O–H groups in total. The molecule has 0 radical (unpaired) electrons. The topological polar surface area (TPSA) is 29.3 Å². The lowest BCUT2D eigenvalue weighted by Crippen LogP contribution is -2.30. The SMILES string of the molecule is CCCC(N)CCN1CCC(C)(C)C1. The van der Waals surface area contributed by atoms with Crippen LogP contribution in [-0.2, 0) is 0 Å². The fourth-order valence-corrected chi connectivity index (χ4v) is 2.28. The van der Waals surface area contributed by atoms with Gasteiger partial charge < -0.3 is 10.6 Å². The molecule has 1 unspecified atom stereocenters. The van der Waals surface area contributed by atoms with Crippen LogP contribution in [0.2, 0.25) is 0 Å². The Balaban J connectivity index is 2.14. The molecule has 0 aliphatic carbocycles. The van der Waals surface area contributed by atoms with E-state index in [9.17, 15) is 0 Å². The van der Waals surface area contributed by atoms with Gasteiger partial charge in [-0.3, -0.25) is 0 Å². The Hall–Kier alpha value is -0.0800. The number of likely N-dealkylation sites (tertiary alicyclic amines) is 1. The van der Waals surface area contributed by atoms with Crippen LogP contribution >= 0.6 is 0 Å². The average Bonchev–Trinajstić information content (AvgIpc) is 2.43. The third-order valence-electron chi connectivity index (χ3n) is 3.23. The molecule has 0 aromatic carbocycles. The highest BCUT2D eigenvalue weighted by Gasteiger charge is 2.28. The summed E-state index contributed by atoms with van der Waals surface area (Å²) in [5.74, 6) is 0. The smallest absolute Gasteiger partial charge is 0.00509 e. The maximum atomic E-state index is 6.00. The Morgan fingerprint density at radius 2 is 2.07 bits per heavy atom. The molecule has 1 heterocycles. The van der Waals surface area contributed by atoms with E-state index in [2.05, 4.69) is 25.7 Å². The van der Waals surface area contributed by atoms with E-state index in [0.29, 0.717) is 11.5 Å². The van der Waals surface area contributed by atoms with Gasteiger partial charge in [-0.1, -0.05) is 27.2 Å². The first kappa shape index (κ1) is 12.0. The van der Waals surface area contributed by atoms with Crippen LogP contribution in [0.15, 0.2) is 0 Å². The molecule has 2 heteroatoms. The summed E-state index contributed by atoms with van der Waals surface area (Å²) in [7, 11) is 0. The third kappa shape index (κ3) is 3.97. The summed E-state index contributed by atoms with van der Waals surface area (Å²) >= 11 is 0. The lowest BCUT2D eigenvalue weighted by molar-refractivity contribution is 0.278. The van der Waals surface area contributed by atoms with Crippen LogP contribution in [-0.4, -0.2) is 30.6 Å². The molecule has 0 aromatic heterocycles. The molecule has 1 rings (SSSR count). The molecular formula is C12H26N2. The summed E-state index contributed by atoms with van der Waals surface area (Å²) < 4.78 is 0. The van der Waals surface area contributed by atoms with Gasteiger partial charge in [-0.15, -0.1) is 0 Å². The quantitative estimate of drug-likeness (QED) is 0.734. The van der Waals surface area contributed by atoms with Crippen LogP contribution in [0.5, 0.6) is 0 Å². The van der Waals surface area contributed by atoms with Crippen molar-refractivity contribution in [3.05, 3.63) is 0 Å². The highest BCUT2D eigenvalue weighted by atomic mass is 15.1. The van der Waals surface area contributed by atoms with Gasteiger partial charge in [-0.2, -0.15) is 0 Å². The zero-order valence-corrected chi connectivity index (χ0v) is 10.1. The Labute approximate surface area is 88.8 Å². The van der Waals surface area contributed by atoms with Crippen molar-refractivity contribution < 1.29 is 0 Å². The van der Waals surface area contributed by atoms with Crippen molar-refractivity contribution >= 4 is 0 Å². The lowest BCUT2D eigenvalue weighted by Gasteiger charge is -2.21. The predicted molar refractivity (Wildman–Crippen MR) is 62.3 cm³/mol. The molecule has 84 valence electrons. The minimum Gasteiger partial charge on any atom is -0.328 e.